The highest BCUT2D eigenvalue weighted by Gasteiger charge is 2.21. The van der Waals surface area contributed by atoms with Crippen molar-refractivity contribution in [3.63, 3.8) is 0 Å². The average molecular weight is 391 g/mol. The van der Waals surface area contributed by atoms with Crippen molar-refractivity contribution in [3.8, 4) is 11.5 Å². The molecule has 0 radical (unpaired) electrons. The quantitative estimate of drug-likeness (QED) is 0.328. The zero-order chi connectivity index (χ0) is 19.5. The Labute approximate surface area is 165 Å². The summed E-state index contributed by atoms with van der Waals surface area (Å²) in [4.78, 5) is 18.8. The number of carbonyl (C=O) groups is 1. The van der Waals surface area contributed by atoms with Gasteiger partial charge in [0.2, 0.25) is 5.89 Å². The van der Waals surface area contributed by atoms with Crippen LogP contribution in [0.4, 0.5) is 0 Å². The van der Waals surface area contributed by atoms with Crippen LogP contribution in [-0.2, 0) is 0 Å². The number of methoxy groups -OCH3 is 2. The molecule has 0 aliphatic rings. The van der Waals surface area contributed by atoms with Crippen molar-refractivity contribution >= 4 is 39.9 Å². The number of rotatable bonds is 6. The van der Waals surface area contributed by atoms with Crippen molar-refractivity contribution in [3.05, 3.63) is 76.3 Å². The molecule has 4 rings (SSSR count). The van der Waals surface area contributed by atoms with Gasteiger partial charge in [0.05, 0.1) is 19.8 Å². The summed E-state index contributed by atoms with van der Waals surface area (Å²) in [6, 6.07) is 16.4. The van der Waals surface area contributed by atoms with Gasteiger partial charge in [0.1, 0.15) is 5.52 Å². The Morgan fingerprint density at radius 3 is 2.57 bits per heavy atom. The lowest BCUT2D eigenvalue weighted by molar-refractivity contribution is 0.105. The number of ether oxygens (including phenoxy) is 2. The standard InChI is InChI=1S/C22H17NO4S/c1-25-19-10-9-14(12-20(19)26-2)21(24)16(13-15-6-5-11-28-15)22-23-17-7-3-4-8-18(17)27-22/h3-13H,1-2H3/b16-13-. The topological polar surface area (TPSA) is 61.6 Å². The molecule has 2 aromatic carbocycles. The van der Waals surface area contributed by atoms with Crippen molar-refractivity contribution < 1.29 is 18.7 Å². The molecule has 4 aromatic rings. The molecule has 0 unspecified atom stereocenters. The third-order valence-electron chi connectivity index (χ3n) is 4.24. The van der Waals surface area contributed by atoms with E-state index in [4.69, 9.17) is 13.9 Å². The number of oxazole rings is 1. The maximum atomic E-state index is 13.4. The number of allylic oxidation sites excluding steroid dienone is 1. The maximum absolute atomic E-state index is 13.4. The van der Waals surface area contributed by atoms with E-state index in [0.29, 0.717) is 33.7 Å². The molecular formula is C22H17NO4S. The van der Waals surface area contributed by atoms with Crippen LogP contribution in [0.1, 0.15) is 21.1 Å². The van der Waals surface area contributed by atoms with Gasteiger partial charge >= 0.3 is 0 Å². The minimum atomic E-state index is -0.207. The van der Waals surface area contributed by atoms with Gasteiger partial charge in [-0.15, -0.1) is 11.3 Å². The van der Waals surface area contributed by atoms with E-state index in [-0.39, 0.29) is 11.7 Å². The fourth-order valence-electron chi connectivity index (χ4n) is 2.86. The molecule has 0 aliphatic heterocycles. The minimum Gasteiger partial charge on any atom is -0.493 e. The molecule has 0 saturated heterocycles. The lowest BCUT2D eigenvalue weighted by Crippen LogP contribution is -2.04. The number of thiophene rings is 1. The van der Waals surface area contributed by atoms with Crippen LogP contribution in [0.3, 0.4) is 0 Å². The van der Waals surface area contributed by atoms with Gasteiger partial charge in [-0.2, -0.15) is 0 Å². The number of hydrogen-bond donors (Lipinski definition) is 0. The molecule has 6 heteroatoms. The van der Waals surface area contributed by atoms with E-state index < -0.39 is 0 Å². The number of nitrogens with zero attached hydrogens (tertiary/aromatic N) is 1. The molecule has 0 bridgehead atoms. The van der Waals surface area contributed by atoms with Gasteiger partial charge in [-0.05, 0) is 47.9 Å². The molecule has 2 heterocycles. The van der Waals surface area contributed by atoms with Crippen LogP contribution in [0.5, 0.6) is 11.5 Å². The van der Waals surface area contributed by atoms with E-state index in [1.54, 1.807) is 31.4 Å². The Balaban J connectivity index is 1.83. The normalized spacial score (nSPS) is 11.6. The number of para-hydroxylation sites is 2. The fraction of sp³-hybridized carbons (Fsp3) is 0.0909. The van der Waals surface area contributed by atoms with Gasteiger partial charge in [0.25, 0.3) is 0 Å². The van der Waals surface area contributed by atoms with Crippen molar-refractivity contribution in [2.75, 3.05) is 14.2 Å². The van der Waals surface area contributed by atoms with E-state index >= 15 is 0 Å². The second-order valence-corrected chi connectivity index (χ2v) is 6.94. The van der Waals surface area contributed by atoms with E-state index in [0.717, 1.165) is 4.88 Å². The largest absolute Gasteiger partial charge is 0.493 e. The fourth-order valence-corrected chi connectivity index (χ4v) is 3.52. The Morgan fingerprint density at radius 2 is 1.86 bits per heavy atom. The molecule has 28 heavy (non-hydrogen) atoms. The summed E-state index contributed by atoms with van der Waals surface area (Å²) in [7, 11) is 3.09. The molecule has 5 nitrogen and oxygen atoms in total. The molecule has 0 amide bonds. The second-order valence-electron chi connectivity index (χ2n) is 5.96. The van der Waals surface area contributed by atoms with Crippen LogP contribution in [0.15, 0.2) is 64.4 Å². The Bertz CT molecular complexity index is 1130. The maximum Gasteiger partial charge on any atom is 0.231 e. The summed E-state index contributed by atoms with van der Waals surface area (Å²) in [6.07, 6.45) is 1.80. The number of aromatic nitrogens is 1. The van der Waals surface area contributed by atoms with Crippen LogP contribution in [0.25, 0.3) is 22.7 Å². The van der Waals surface area contributed by atoms with Crippen molar-refractivity contribution in [1.29, 1.82) is 0 Å². The van der Waals surface area contributed by atoms with E-state index in [2.05, 4.69) is 4.98 Å². The van der Waals surface area contributed by atoms with Crippen LogP contribution in [-0.4, -0.2) is 25.0 Å². The zero-order valence-electron chi connectivity index (χ0n) is 15.3. The first-order valence-electron chi connectivity index (χ1n) is 8.57. The number of carbonyl (C=O) groups excluding carboxylic acids is 1. The minimum absolute atomic E-state index is 0.207. The highest BCUT2D eigenvalue weighted by Crippen LogP contribution is 2.32. The molecule has 0 fully saturated rings. The molecule has 140 valence electrons. The highest BCUT2D eigenvalue weighted by molar-refractivity contribution is 7.11. The first-order valence-corrected chi connectivity index (χ1v) is 9.45. The first-order chi connectivity index (χ1) is 13.7. The average Bonchev–Trinajstić information content (AvgIpc) is 3.40. The molecule has 0 N–H and O–H groups in total. The van der Waals surface area contributed by atoms with Crippen molar-refractivity contribution in [2.45, 2.75) is 0 Å². The van der Waals surface area contributed by atoms with Crippen LogP contribution < -0.4 is 9.47 Å². The Hall–Kier alpha value is -3.38. The number of hydrogen-bond acceptors (Lipinski definition) is 6. The highest BCUT2D eigenvalue weighted by atomic mass is 32.1. The summed E-state index contributed by atoms with van der Waals surface area (Å²) >= 11 is 1.54. The zero-order valence-corrected chi connectivity index (χ0v) is 16.2. The number of fused-ring (bicyclic) bond motifs is 1. The summed E-state index contributed by atoms with van der Waals surface area (Å²) in [5.41, 5.74) is 2.18. The third kappa shape index (κ3) is 3.42. The summed E-state index contributed by atoms with van der Waals surface area (Å²) < 4.78 is 16.5. The lowest BCUT2D eigenvalue weighted by Gasteiger charge is -2.09. The lowest BCUT2D eigenvalue weighted by atomic mass is 10.0. The molecule has 0 atom stereocenters. The van der Waals surface area contributed by atoms with E-state index in [9.17, 15) is 4.79 Å². The molecule has 0 spiro atoms. The van der Waals surface area contributed by atoms with Crippen LogP contribution >= 0.6 is 11.3 Å². The monoisotopic (exact) mass is 391 g/mol. The van der Waals surface area contributed by atoms with Crippen LogP contribution in [0, 0.1) is 0 Å². The van der Waals surface area contributed by atoms with E-state index in [1.807, 2.05) is 41.8 Å². The van der Waals surface area contributed by atoms with Crippen LogP contribution in [0.2, 0.25) is 0 Å². The van der Waals surface area contributed by atoms with Crippen molar-refractivity contribution in [2.24, 2.45) is 0 Å². The van der Waals surface area contributed by atoms with Gasteiger partial charge < -0.3 is 13.9 Å². The number of Topliss-reactive ketones (excluding diaryl/α,β-unsaturated/α-hetero) is 1. The van der Waals surface area contributed by atoms with Gasteiger partial charge in [-0.1, -0.05) is 18.2 Å². The van der Waals surface area contributed by atoms with Gasteiger partial charge in [0.15, 0.2) is 22.9 Å². The summed E-state index contributed by atoms with van der Waals surface area (Å²) in [6.45, 7) is 0. The first kappa shape index (κ1) is 18.0. The number of ketones is 1. The second kappa shape index (κ2) is 7.70. The van der Waals surface area contributed by atoms with Gasteiger partial charge in [-0.25, -0.2) is 4.98 Å². The molecule has 2 aromatic heterocycles. The molecular weight excluding hydrogens is 374 g/mol. The Kier molecular flexibility index (Phi) is 4.95. The number of benzene rings is 2. The summed E-state index contributed by atoms with van der Waals surface area (Å²) in [5, 5.41) is 1.95. The van der Waals surface area contributed by atoms with Gasteiger partial charge in [-0.3, -0.25) is 4.79 Å². The summed E-state index contributed by atoms with van der Waals surface area (Å²) in [5.74, 6) is 1.13. The third-order valence-corrected chi connectivity index (χ3v) is 5.06. The molecule has 0 saturated carbocycles. The molecule has 0 aliphatic carbocycles. The predicted octanol–water partition coefficient (Wildman–Crippen LogP) is 5.33. The van der Waals surface area contributed by atoms with E-state index in [1.165, 1.54) is 18.4 Å². The smallest absolute Gasteiger partial charge is 0.231 e. The van der Waals surface area contributed by atoms with Gasteiger partial charge in [0, 0.05) is 10.4 Å². The van der Waals surface area contributed by atoms with Crippen molar-refractivity contribution in [1.82, 2.24) is 4.98 Å². The SMILES string of the molecule is COc1ccc(C(=O)/C(=C/c2cccs2)c2nc3ccccc3o2)cc1OC. The predicted molar refractivity (Wildman–Crippen MR) is 110 cm³/mol. The Morgan fingerprint density at radius 1 is 1.04 bits per heavy atom.